The molecule has 3 heterocycles. The zero-order valence-corrected chi connectivity index (χ0v) is 13.1. The van der Waals surface area contributed by atoms with Crippen molar-refractivity contribution in [3.05, 3.63) is 59.3 Å². The van der Waals surface area contributed by atoms with Gasteiger partial charge in [-0.15, -0.1) is 0 Å². The van der Waals surface area contributed by atoms with Crippen LogP contribution in [0.2, 0.25) is 0 Å². The van der Waals surface area contributed by atoms with E-state index in [-0.39, 0.29) is 6.04 Å². The maximum Gasteiger partial charge on any atom is 0.321 e. The van der Waals surface area contributed by atoms with E-state index in [0.717, 1.165) is 27.7 Å². The van der Waals surface area contributed by atoms with Crippen molar-refractivity contribution in [3.8, 4) is 11.5 Å². The van der Waals surface area contributed by atoms with Gasteiger partial charge in [0, 0.05) is 23.0 Å². The number of aromatic amines is 1. The molecular formula is C19H16N2O4. The molecule has 25 heavy (non-hydrogen) atoms. The van der Waals surface area contributed by atoms with Crippen LogP contribution in [0.15, 0.2) is 42.5 Å². The second-order valence-corrected chi connectivity index (χ2v) is 6.25. The van der Waals surface area contributed by atoms with Gasteiger partial charge in [-0.05, 0) is 29.3 Å². The third kappa shape index (κ3) is 2.18. The van der Waals surface area contributed by atoms with E-state index in [0.29, 0.717) is 17.9 Å². The predicted molar refractivity (Wildman–Crippen MR) is 91.0 cm³/mol. The molecule has 0 saturated heterocycles. The first kappa shape index (κ1) is 12.4. The number of aliphatic carboxylic acids is 1. The average Bonchev–Trinajstić information content (AvgIpc) is 3.15. The SMILES string of the molecule is [2H]C1([2H])Oc2ccc([C@H]3N[C@@H](C(=O)O)Cc4c3[nH]c3ccccc43)cc2O1. The van der Waals surface area contributed by atoms with Gasteiger partial charge in [-0.3, -0.25) is 10.1 Å². The molecule has 2 atom stereocenters. The average molecular weight is 338 g/mol. The van der Waals surface area contributed by atoms with Gasteiger partial charge in [-0.25, -0.2) is 0 Å². The van der Waals surface area contributed by atoms with Gasteiger partial charge in [0.15, 0.2) is 11.5 Å². The van der Waals surface area contributed by atoms with E-state index in [1.54, 1.807) is 18.2 Å². The number of nitrogens with one attached hydrogen (secondary N) is 2. The summed E-state index contributed by atoms with van der Waals surface area (Å²) in [6.45, 7) is -2.20. The molecule has 0 fully saturated rings. The summed E-state index contributed by atoms with van der Waals surface area (Å²) in [4.78, 5) is 15.1. The Labute approximate surface area is 146 Å². The molecule has 2 aliphatic heterocycles. The van der Waals surface area contributed by atoms with Crippen molar-refractivity contribution in [2.45, 2.75) is 18.5 Å². The minimum absolute atomic E-state index is 0.300. The first-order valence-corrected chi connectivity index (χ1v) is 8.01. The molecule has 3 N–H and O–H groups in total. The van der Waals surface area contributed by atoms with Crippen LogP contribution in [0.3, 0.4) is 0 Å². The highest BCUT2D eigenvalue weighted by Crippen LogP contribution is 2.39. The fourth-order valence-corrected chi connectivity index (χ4v) is 3.64. The lowest BCUT2D eigenvalue weighted by molar-refractivity contribution is -0.139. The Bertz CT molecular complexity index is 1080. The summed E-state index contributed by atoms with van der Waals surface area (Å²) >= 11 is 0. The monoisotopic (exact) mass is 338 g/mol. The van der Waals surface area contributed by atoms with Crippen LogP contribution in [0.25, 0.3) is 10.9 Å². The molecule has 126 valence electrons. The molecule has 3 aromatic rings. The van der Waals surface area contributed by atoms with Crippen LogP contribution in [-0.2, 0) is 11.2 Å². The summed E-state index contributed by atoms with van der Waals surface area (Å²) in [6, 6.07) is 11.8. The second-order valence-electron chi connectivity index (χ2n) is 6.25. The van der Waals surface area contributed by atoms with Gasteiger partial charge in [0.2, 0.25) is 6.75 Å². The molecule has 0 spiro atoms. The summed E-state index contributed by atoms with van der Waals surface area (Å²) in [7, 11) is 0. The molecule has 0 aliphatic carbocycles. The van der Waals surface area contributed by atoms with Crippen LogP contribution < -0.4 is 14.8 Å². The third-order valence-corrected chi connectivity index (χ3v) is 4.81. The molecule has 5 rings (SSSR count). The molecule has 0 bridgehead atoms. The molecule has 0 unspecified atom stereocenters. The number of fused-ring (bicyclic) bond motifs is 4. The van der Waals surface area contributed by atoms with Gasteiger partial charge < -0.3 is 19.6 Å². The van der Waals surface area contributed by atoms with E-state index in [1.807, 2.05) is 24.3 Å². The lowest BCUT2D eigenvalue weighted by atomic mass is 9.90. The number of aromatic nitrogens is 1. The summed E-state index contributed by atoms with van der Waals surface area (Å²) in [5.74, 6) is -0.284. The molecular weight excluding hydrogens is 320 g/mol. The number of carboxylic acid groups (broad SMARTS) is 1. The van der Waals surface area contributed by atoms with E-state index in [4.69, 9.17) is 12.2 Å². The second kappa shape index (κ2) is 5.26. The minimum Gasteiger partial charge on any atom is -0.480 e. The number of benzene rings is 2. The molecule has 0 radical (unpaired) electrons. The van der Waals surface area contributed by atoms with Crippen LogP contribution in [0, 0.1) is 0 Å². The van der Waals surface area contributed by atoms with Crippen molar-refractivity contribution >= 4 is 16.9 Å². The van der Waals surface area contributed by atoms with Gasteiger partial charge in [0.25, 0.3) is 0 Å². The van der Waals surface area contributed by atoms with Crippen LogP contribution in [0.5, 0.6) is 11.5 Å². The van der Waals surface area contributed by atoms with Crippen LogP contribution in [-0.4, -0.2) is 28.8 Å². The summed E-state index contributed by atoms with van der Waals surface area (Å²) in [5.41, 5.74) is 3.62. The first-order valence-electron chi connectivity index (χ1n) is 9.01. The number of para-hydroxylation sites is 1. The number of H-pyrrole nitrogens is 1. The highest BCUT2D eigenvalue weighted by molar-refractivity contribution is 5.87. The van der Waals surface area contributed by atoms with Crippen LogP contribution >= 0.6 is 0 Å². The zero-order chi connectivity index (χ0) is 18.8. The van der Waals surface area contributed by atoms with Crippen molar-refractivity contribution in [2.75, 3.05) is 6.75 Å². The van der Waals surface area contributed by atoms with Crippen molar-refractivity contribution < 1.29 is 22.1 Å². The van der Waals surface area contributed by atoms with Gasteiger partial charge in [0.05, 0.1) is 6.04 Å². The van der Waals surface area contributed by atoms with E-state index < -0.39 is 18.8 Å². The fraction of sp³-hybridized carbons (Fsp3) is 0.211. The maximum absolute atomic E-state index is 11.7. The van der Waals surface area contributed by atoms with Crippen LogP contribution in [0.4, 0.5) is 0 Å². The standard InChI is InChI=1S/C19H16N2O4/c22-19(23)14-8-12-11-3-1-2-4-13(11)20-18(12)17(21-14)10-5-6-15-16(7-10)25-9-24-15/h1-7,14,17,20-21H,8-9H2,(H,22,23)/t14-,17-/m1/s1/i9D2. The van der Waals surface area contributed by atoms with Gasteiger partial charge in [-0.2, -0.15) is 0 Å². The van der Waals surface area contributed by atoms with E-state index in [2.05, 4.69) is 10.3 Å². The molecule has 2 aliphatic rings. The van der Waals surface area contributed by atoms with Crippen molar-refractivity contribution in [3.63, 3.8) is 0 Å². The fourth-order valence-electron chi connectivity index (χ4n) is 3.64. The maximum atomic E-state index is 11.7. The molecule has 6 nitrogen and oxygen atoms in total. The number of hydrogen-bond acceptors (Lipinski definition) is 4. The Morgan fingerprint density at radius 2 is 2.04 bits per heavy atom. The normalized spacial score (nSPS) is 24.5. The van der Waals surface area contributed by atoms with Gasteiger partial charge in [-0.1, -0.05) is 24.3 Å². The van der Waals surface area contributed by atoms with Gasteiger partial charge in [0.1, 0.15) is 8.78 Å². The van der Waals surface area contributed by atoms with E-state index in [9.17, 15) is 9.90 Å². The zero-order valence-electron chi connectivity index (χ0n) is 15.1. The molecule has 6 heteroatoms. The van der Waals surface area contributed by atoms with E-state index in [1.165, 1.54) is 0 Å². The first-order chi connectivity index (χ1) is 12.9. The number of carboxylic acids is 1. The number of rotatable bonds is 2. The van der Waals surface area contributed by atoms with Crippen molar-refractivity contribution in [1.82, 2.24) is 10.3 Å². The Balaban J connectivity index is 1.63. The number of hydrogen-bond donors (Lipinski definition) is 3. The van der Waals surface area contributed by atoms with Crippen LogP contribution in [0.1, 0.15) is 25.6 Å². The minimum atomic E-state index is -2.20. The summed E-state index contributed by atoms with van der Waals surface area (Å²) in [6.07, 6.45) is 0.387. The molecule has 2 aromatic carbocycles. The smallest absolute Gasteiger partial charge is 0.321 e. The Hall–Kier alpha value is -2.99. The Morgan fingerprint density at radius 3 is 2.92 bits per heavy atom. The van der Waals surface area contributed by atoms with Crippen molar-refractivity contribution in [2.24, 2.45) is 0 Å². The largest absolute Gasteiger partial charge is 0.480 e. The third-order valence-electron chi connectivity index (χ3n) is 4.81. The van der Waals surface area contributed by atoms with E-state index >= 15 is 0 Å². The van der Waals surface area contributed by atoms with Crippen molar-refractivity contribution in [1.29, 1.82) is 0 Å². The lowest BCUT2D eigenvalue weighted by Gasteiger charge is -2.29. The molecule has 0 amide bonds. The lowest BCUT2D eigenvalue weighted by Crippen LogP contribution is -2.44. The summed E-state index contributed by atoms with van der Waals surface area (Å²) in [5, 5.41) is 13.8. The number of ether oxygens (including phenoxy) is 2. The topological polar surface area (TPSA) is 83.6 Å². The molecule has 0 saturated carbocycles. The Morgan fingerprint density at radius 1 is 1.20 bits per heavy atom. The predicted octanol–water partition coefficient (Wildman–Crippen LogP) is 2.58. The Kier molecular flexibility index (Phi) is 2.60. The summed E-state index contributed by atoms with van der Waals surface area (Å²) < 4.78 is 25.5. The molecule has 1 aromatic heterocycles. The van der Waals surface area contributed by atoms with Gasteiger partial charge >= 0.3 is 5.97 Å². The number of carbonyl (C=O) groups is 1. The highest BCUT2D eigenvalue weighted by Gasteiger charge is 2.34. The quantitative estimate of drug-likeness (QED) is 0.669. The highest BCUT2D eigenvalue weighted by atomic mass is 16.7.